The molecule has 1 amide bonds. The van der Waals surface area contributed by atoms with Crippen molar-refractivity contribution in [2.75, 3.05) is 26.4 Å². The smallest absolute Gasteiger partial charge is 0.254 e. The molecule has 0 bridgehead atoms. The number of para-hydroxylation sites is 1. The van der Waals surface area contributed by atoms with Crippen LogP contribution in [0.5, 0.6) is 0 Å². The molecule has 6 heteroatoms. The maximum absolute atomic E-state index is 12.8. The second kappa shape index (κ2) is 6.55. The summed E-state index contributed by atoms with van der Waals surface area (Å²) in [7, 11) is 0. The molecular formula is C17H20N2O3S. The average Bonchev–Trinajstić information content (AvgIpc) is 3.06. The first kappa shape index (κ1) is 15.1. The van der Waals surface area contributed by atoms with Crippen molar-refractivity contribution in [1.82, 2.24) is 9.88 Å². The molecule has 23 heavy (non-hydrogen) atoms. The SMILES string of the molecule is O=C([C@H]1COCCO1)N1CCCC[C@@H]1c1nc2ccccc2s1. The van der Waals surface area contributed by atoms with Crippen LogP contribution in [0.25, 0.3) is 10.2 Å². The third-order valence-electron chi connectivity index (χ3n) is 4.47. The minimum atomic E-state index is -0.460. The topological polar surface area (TPSA) is 51.7 Å². The lowest BCUT2D eigenvalue weighted by molar-refractivity contribution is -0.161. The number of piperidine rings is 1. The van der Waals surface area contributed by atoms with E-state index in [1.54, 1.807) is 11.3 Å². The zero-order chi connectivity index (χ0) is 15.6. The molecule has 0 saturated carbocycles. The standard InChI is InChI=1S/C17H20N2O3S/c20-17(14-11-21-9-10-22-14)19-8-4-3-6-13(19)16-18-12-5-1-2-7-15(12)23-16/h1-2,5,7,13-14H,3-4,6,8-11H2/t13-,14-/m1/s1. The lowest BCUT2D eigenvalue weighted by Gasteiger charge is -2.37. The normalized spacial score (nSPS) is 25.7. The van der Waals surface area contributed by atoms with Crippen molar-refractivity contribution in [3.05, 3.63) is 29.3 Å². The number of benzene rings is 1. The highest BCUT2D eigenvalue weighted by Gasteiger charge is 2.35. The van der Waals surface area contributed by atoms with Crippen LogP contribution in [0, 0.1) is 0 Å². The number of likely N-dealkylation sites (tertiary alicyclic amines) is 1. The molecule has 4 rings (SSSR count). The molecule has 5 nitrogen and oxygen atoms in total. The van der Waals surface area contributed by atoms with Gasteiger partial charge in [-0.15, -0.1) is 11.3 Å². The van der Waals surface area contributed by atoms with Crippen molar-refractivity contribution in [3.8, 4) is 0 Å². The first-order chi connectivity index (χ1) is 11.3. The fraction of sp³-hybridized carbons (Fsp3) is 0.529. The first-order valence-corrected chi connectivity index (χ1v) is 9.00. The predicted molar refractivity (Wildman–Crippen MR) is 88.5 cm³/mol. The minimum absolute atomic E-state index is 0.0497. The van der Waals surface area contributed by atoms with Gasteiger partial charge >= 0.3 is 0 Å². The highest BCUT2D eigenvalue weighted by Crippen LogP contribution is 2.36. The van der Waals surface area contributed by atoms with Crippen LogP contribution in [0.15, 0.2) is 24.3 Å². The number of aromatic nitrogens is 1. The predicted octanol–water partition coefficient (Wildman–Crippen LogP) is 2.77. The summed E-state index contributed by atoms with van der Waals surface area (Å²) in [5.41, 5.74) is 1.02. The monoisotopic (exact) mass is 332 g/mol. The number of nitrogens with zero attached hydrogens (tertiary/aromatic N) is 2. The Hall–Kier alpha value is -1.50. The van der Waals surface area contributed by atoms with Crippen molar-refractivity contribution in [1.29, 1.82) is 0 Å². The van der Waals surface area contributed by atoms with E-state index in [0.29, 0.717) is 19.8 Å². The van der Waals surface area contributed by atoms with Gasteiger partial charge in [0.1, 0.15) is 5.01 Å². The third kappa shape index (κ3) is 2.98. The first-order valence-electron chi connectivity index (χ1n) is 8.18. The highest BCUT2D eigenvalue weighted by molar-refractivity contribution is 7.18. The van der Waals surface area contributed by atoms with E-state index >= 15 is 0 Å². The van der Waals surface area contributed by atoms with Gasteiger partial charge in [-0.25, -0.2) is 4.98 Å². The summed E-state index contributed by atoms with van der Waals surface area (Å²) in [5, 5.41) is 1.04. The van der Waals surface area contributed by atoms with Crippen LogP contribution in [-0.4, -0.2) is 48.3 Å². The Labute approximate surface area is 139 Å². The number of ether oxygens (including phenoxy) is 2. The third-order valence-corrected chi connectivity index (χ3v) is 5.61. The molecule has 2 saturated heterocycles. The Kier molecular flexibility index (Phi) is 4.29. The fourth-order valence-electron chi connectivity index (χ4n) is 3.30. The van der Waals surface area contributed by atoms with Gasteiger partial charge in [-0.2, -0.15) is 0 Å². The number of thiazole rings is 1. The van der Waals surface area contributed by atoms with Crippen molar-refractivity contribution in [2.24, 2.45) is 0 Å². The quantitative estimate of drug-likeness (QED) is 0.848. The second-order valence-corrected chi connectivity index (χ2v) is 7.06. The molecule has 2 aromatic rings. The van der Waals surface area contributed by atoms with E-state index in [0.717, 1.165) is 36.3 Å². The zero-order valence-electron chi connectivity index (χ0n) is 12.9. The van der Waals surface area contributed by atoms with E-state index in [4.69, 9.17) is 14.5 Å². The lowest BCUT2D eigenvalue weighted by Crippen LogP contribution is -2.48. The van der Waals surface area contributed by atoms with Crippen molar-refractivity contribution in [2.45, 2.75) is 31.4 Å². The van der Waals surface area contributed by atoms with Crippen LogP contribution in [0.2, 0.25) is 0 Å². The number of carbonyl (C=O) groups is 1. The second-order valence-electron chi connectivity index (χ2n) is 6.00. The number of hydrogen-bond acceptors (Lipinski definition) is 5. The van der Waals surface area contributed by atoms with Gasteiger partial charge in [0.15, 0.2) is 6.10 Å². The molecule has 2 atom stereocenters. The molecule has 2 aliphatic rings. The Morgan fingerprint density at radius 2 is 2.17 bits per heavy atom. The average molecular weight is 332 g/mol. The number of rotatable bonds is 2. The minimum Gasteiger partial charge on any atom is -0.376 e. The Morgan fingerprint density at radius 3 is 3.00 bits per heavy atom. The maximum atomic E-state index is 12.8. The summed E-state index contributed by atoms with van der Waals surface area (Å²) in [5.74, 6) is 0.0497. The molecule has 2 fully saturated rings. The number of fused-ring (bicyclic) bond motifs is 1. The maximum Gasteiger partial charge on any atom is 0.254 e. The van der Waals surface area contributed by atoms with Gasteiger partial charge in [0.2, 0.25) is 0 Å². The zero-order valence-corrected chi connectivity index (χ0v) is 13.8. The van der Waals surface area contributed by atoms with Crippen molar-refractivity contribution in [3.63, 3.8) is 0 Å². The fourth-order valence-corrected chi connectivity index (χ4v) is 4.42. The molecular weight excluding hydrogens is 312 g/mol. The van der Waals surface area contributed by atoms with Crippen LogP contribution >= 0.6 is 11.3 Å². The Bertz CT molecular complexity index is 663. The molecule has 3 heterocycles. The van der Waals surface area contributed by atoms with Crippen LogP contribution < -0.4 is 0 Å². The largest absolute Gasteiger partial charge is 0.376 e. The van der Waals surface area contributed by atoms with E-state index in [-0.39, 0.29) is 11.9 Å². The Balaban J connectivity index is 1.60. The highest BCUT2D eigenvalue weighted by atomic mass is 32.1. The lowest BCUT2D eigenvalue weighted by atomic mass is 10.0. The summed E-state index contributed by atoms with van der Waals surface area (Å²) < 4.78 is 12.2. The number of amides is 1. The summed E-state index contributed by atoms with van der Waals surface area (Å²) in [6, 6.07) is 8.22. The van der Waals surface area contributed by atoms with E-state index in [1.165, 1.54) is 4.70 Å². The van der Waals surface area contributed by atoms with Crippen LogP contribution in [0.1, 0.15) is 30.3 Å². The van der Waals surface area contributed by atoms with Gasteiger partial charge in [-0.05, 0) is 31.4 Å². The number of hydrogen-bond donors (Lipinski definition) is 0. The van der Waals surface area contributed by atoms with Gasteiger partial charge in [-0.3, -0.25) is 4.79 Å². The molecule has 122 valence electrons. The number of carbonyl (C=O) groups excluding carboxylic acids is 1. The Morgan fingerprint density at radius 1 is 1.26 bits per heavy atom. The van der Waals surface area contributed by atoms with Gasteiger partial charge in [0, 0.05) is 6.54 Å². The molecule has 1 aromatic carbocycles. The molecule has 1 aromatic heterocycles. The van der Waals surface area contributed by atoms with E-state index in [9.17, 15) is 4.79 Å². The molecule has 0 N–H and O–H groups in total. The van der Waals surface area contributed by atoms with Gasteiger partial charge < -0.3 is 14.4 Å². The van der Waals surface area contributed by atoms with E-state index in [2.05, 4.69) is 6.07 Å². The molecule has 0 aliphatic carbocycles. The van der Waals surface area contributed by atoms with Gasteiger partial charge in [0.25, 0.3) is 5.91 Å². The van der Waals surface area contributed by atoms with E-state index < -0.39 is 6.10 Å². The molecule has 0 spiro atoms. The van der Waals surface area contributed by atoms with E-state index in [1.807, 2.05) is 23.1 Å². The summed E-state index contributed by atoms with van der Waals surface area (Å²) in [6.07, 6.45) is 2.69. The molecule has 0 radical (unpaired) electrons. The summed E-state index contributed by atoms with van der Waals surface area (Å²) >= 11 is 1.69. The van der Waals surface area contributed by atoms with Crippen LogP contribution in [0.4, 0.5) is 0 Å². The molecule has 2 aliphatic heterocycles. The summed E-state index contributed by atoms with van der Waals surface area (Å²) in [6.45, 7) is 2.21. The summed E-state index contributed by atoms with van der Waals surface area (Å²) in [4.78, 5) is 19.6. The van der Waals surface area contributed by atoms with Crippen LogP contribution in [0.3, 0.4) is 0 Å². The van der Waals surface area contributed by atoms with Gasteiger partial charge in [-0.1, -0.05) is 12.1 Å². The van der Waals surface area contributed by atoms with Crippen molar-refractivity contribution >= 4 is 27.5 Å². The van der Waals surface area contributed by atoms with Crippen molar-refractivity contribution < 1.29 is 14.3 Å². The van der Waals surface area contributed by atoms with Crippen LogP contribution in [-0.2, 0) is 14.3 Å². The van der Waals surface area contributed by atoms with Gasteiger partial charge in [0.05, 0.1) is 36.1 Å². The molecule has 0 unspecified atom stereocenters.